The molecule has 0 saturated carbocycles. The van der Waals surface area contributed by atoms with Gasteiger partial charge in [0, 0.05) is 17.3 Å². The average molecular weight is 347 g/mol. The van der Waals surface area contributed by atoms with Crippen molar-refractivity contribution in [3.8, 4) is 23.0 Å². The highest BCUT2D eigenvalue weighted by Crippen LogP contribution is 2.37. The Morgan fingerprint density at radius 2 is 1.88 bits per heavy atom. The topological polar surface area (TPSA) is 106 Å². The van der Waals surface area contributed by atoms with E-state index in [4.69, 9.17) is 17.0 Å². The van der Waals surface area contributed by atoms with Crippen molar-refractivity contribution >= 4 is 28.7 Å². The molecule has 0 radical (unpaired) electrons. The van der Waals surface area contributed by atoms with Crippen molar-refractivity contribution < 1.29 is 20.1 Å². The smallest absolute Gasteiger partial charge is 0.200 e. The number of phenols is 3. The summed E-state index contributed by atoms with van der Waals surface area (Å²) in [6, 6.07) is 9.91. The van der Waals surface area contributed by atoms with Crippen molar-refractivity contribution in [2.45, 2.75) is 6.92 Å². The first-order valence-electron chi connectivity index (χ1n) is 6.92. The Bertz CT molecular complexity index is 793. The van der Waals surface area contributed by atoms with Crippen LogP contribution in [-0.2, 0) is 0 Å². The number of rotatable bonds is 4. The molecule has 126 valence electrons. The second kappa shape index (κ2) is 7.51. The van der Waals surface area contributed by atoms with Crippen molar-refractivity contribution in [1.29, 1.82) is 0 Å². The monoisotopic (exact) mass is 347 g/mol. The predicted octanol–water partition coefficient (Wildman–Crippen LogP) is 2.52. The van der Waals surface area contributed by atoms with Gasteiger partial charge in [-0.3, -0.25) is 5.43 Å². The van der Waals surface area contributed by atoms with E-state index in [-0.39, 0.29) is 10.7 Å². The molecule has 2 aromatic carbocycles. The number of aromatic hydroxyl groups is 3. The summed E-state index contributed by atoms with van der Waals surface area (Å²) in [6.45, 7) is 1.62. The third-order valence-corrected chi connectivity index (χ3v) is 3.37. The SMILES string of the molecule is COc1cccc(NC(=S)NN=C(C)c2ccc(O)c(O)c2O)c1. The molecule has 0 saturated heterocycles. The molecule has 5 N–H and O–H groups in total. The number of methoxy groups -OCH3 is 1. The molecule has 24 heavy (non-hydrogen) atoms. The van der Waals surface area contributed by atoms with Crippen molar-refractivity contribution in [3.63, 3.8) is 0 Å². The van der Waals surface area contributed by atoms with Gasteiger partial charge in [-0.15, -0.1) is 0 Å². The number of nitrogens with zero attached hydrogens (tertiary/aromatic N) is 1. The summed E-state index contributed by atoms with van der Waals surface area (Å²) in [4.78, 5) is 0. The van der Waals surface area contributed by atoms with E-state index in [1.54, 1.807) is 20.1 Å². The number of anilines is 1. The van der Waals surface area contributed by atoms with E-state index in [2.05, 4.69) is 15.8 Å². The molecule has 2 rings (SSSR count). The van der Waals surface area contributed by atoms with Gasteiger partial charge in [-0.2, -0.15) is 5.10 Å². The molecule has 0 fully saturated rings. The first-order valence-corrected chi connectivity index (χ1v) is 7.32. The number of thiocarbonyl (C=S) groups is 1. The molecule has 0 unspecified atom stereocenters. The zero-order valence-electron chi connectivity index (χ0n) is 13.1. The summed E-state index contributed by atoms with van der Waals surface area (Å²) < 4.78 is 5.12. The van der Waals surface area contributed by atoms with Gasteiger partial charge in [-0.1, -0.05) is 6.07 Å². The van der Waals surface area contributed by atoms with Gasteiger partial charge in [0.1, 0.15) is 5.75 Å². The zero-order valence-corrected chi connectivity index (χ0v) is 13.9. The second-order valence-electron chi connectivity index (χ2n) is 4.82. The highest BCUT2D eigenvalue weighted by molar-refractivity contribution is 7.80. The molecular weight excluding hydrogens is 330 g/mol. The third kappa shape index (κ3) is 4.05. The maximum absolute atomic E-state index is 9.83. The Morgan fingerprint density at radius 3 is 2.58 bits per heavy atom. The van der Waals surface area contributed by atoms with Crippen LogP contribution < -0.4 is 15.5 Å². The maximum atomic E-state index is 9.83. The Kier molecular flexibility index (Phi) is 5.43. The van der Waals surface area contributed by atoms with Crippen LogP contribution in [0.25, 0.3) is 0 Å². The molecule has 0 amide bonds. The Balaban J connectivity index is 2.06. The molecule has 8 heteroatoms. The lowest BCUT2D eigenvalue weighted by atomic mass is 10.1. The minimum absolute atomic E-state index is 0.241. The Labute approximate surface area is 144 Å². The molecule has 0 aliphatic carbocycles. The predicted molar refractivity (Wildman–Crippen MR) is 96.0 cm³/mol. The minimum atomic E-state index is -0.598. The number of ether oxygens (including phenoxy) is 1. The summed E-state index contributed by atoms with van der Waals surface area (Å²) in [5.74, 6) is -0.775. The maximum Gasteiger partial charge on any atom is 0.200 e. The van der Waals surface area contributed by atoms with Crippen molar-refractivity contribution in [2.24, 2.45) is 5.10 Å². The first kappa shape index (κ1) is 17.4. The van der Waals surface area contributed by atoms with Crippen LogP contribution in [0.3, 0.4) is 0 Å². The molecule has 0 aliphatic rings. The lowest BCUT2D eigenvalue weighted by Gasteiger charge is -2.10. The van der Waals surface area contributed by atoms with Gasteiger partial charge in [-0.05, 0) is 43.4 Å². The number of nitrogens with one attached hydrogen (secondary N) is 2. The van der Waals surface area contributed by atoms with E-state index in [9.17, 15) is 15.3 Å². The molecule has 0 aromatic heterocycles. The molecule has 0 spiro atoms. The highest BCUT2D eigenvalue weighted by Gasteiger charge is 2.13. The van der Waals surface area contributed by atoms with Crippen molar-refractivity contribution in [3.05, 3.63) is 42.0 Å². The number of hydrogen-bond acceptors (Lipinski definition) is 6. The number of benzene rings is 2. The third-order valence-electron chi connectivity index (χ3n) is 3.17. The normalized spacial score (nSPS) is 11.0. The lowest BCUT2D eigenvalue weighted by Crippen LogP contribution is -2.25. The van der Waals surface area contributed by atoms with Crippen LogP contribution in [0.4, 0.5) is 5.69 Å². The van der Waals surface area contributed by atoms with Gasteiger partial charge in [0.15, 0.2) is 16.6 Å². The minimum Gasteiger partial charge on any atom is -0.504 e. The summed E-state index contributed by atoms with van der Waals surface area (Å²) in [5, 5.41) is 35.9. The summed E-state index contributed by atoms with van der Waals surface area (Å²) in [5.41, 5.74) is 4.01. The van der Waals surface area contributed by atoms with Gasteiger partial charge < -0.3 is 25.4 Å². The van der Waals surface area contributed by atoms with Crippen LogP contribution in [0.2, 0.25) is 0 Å². The van der Waals surface area contributed by atoms with E-state index < -0.39 is 17.2 Å². The molecule has 0 heterocycles. The van der Waals surface area contributed by atoms with Crippen LogP contribution in [0.1, 0.15) is 12.5 Å². The van der Waals surface area contributed by atoms with E-state index in [0.717, 1.165) is 5.69 Å². The molecular formula is C16H17N3O4S. The van der Waals surface area contributed by atoms with Crippen molar-refractivity contribution in [1.82, 2.24) is 5.43 Å². The fourth-order valence-corrected chi connectivity index (χ4v) is 2.08. The molecule has 0 bridgehead atoms. The Hall–Kier alpha value is -3.00. The number of hydrogen-bond donors (Lipinski definition) is 5. The lowest BCUT2D eigenvalue weighted by molar-refractivity contribution is 0.367. The zero-order chi connectivity index (χ0) is 17.7. The fraction of sp³-hybridized carbons (Fsp3) is 0.125. The number of phenolic OH excluding ortho intramolecular Hbond substituents is 3. The van der Waals surface area contributed by atoms with Gasteiger partial charge in [0.05, 0.1) is 12.8 Å². The van der Waals surface area contributed by atoms with Gasteiger partial charge in [0.25, 0.3) is 0 Å². The summed E-state index contributed by atoms with van der Waals surface area (Å²) in [6.07, 6.45) is 0. The van der Waals surface area contributed by atoms with Crippen LogP contribution >= 0.6 is 12.2 Å². The van der Waals surface area contributed by atoms with Crippen LogP contribution in [0.15, 0.2) is 41.5 Å². The summed E-state index contributed by atoms with van der Waals surface area (Å²) >= 11 is 5.14. The standard InChI is InChI=1S/C16H17N3O4S/c1-9(12-6-7-13(20)15(22)14(12)21)18-19-16(24)17-10-4-3-5-11(8-10)23-2/h3-8,20-22H,1-2H3,(H2,17,19,24). The highest BCUT2D eigenvalue weighted by atomic mass is 32.1. The number of hydrazone groups is 1. The van der Waals surface area contributed by atoms with E-state index in [1.165, 1.54) is 12.1 Å². The Morgan fingerprint density at radius 1 is 1.12 bits per heavy atom. The fourth-order valence-electron chi connectivity index (χ4n) is 1.92. The van der Waals surface area contributed by atoms with Gasteiger partial charge in [0.2, 0.25) is 5.75 Å². The van der Waals surface area contributed by atoms with E-state index >= 15 is 0 Å². The van der Waals surface area contributed by atoms with E-state index in [1.807, 2.05) is 18.2 Å². The van der Waals surface area contributed by atoms with E-state index in [0.29, 0.717) is 11.5 Å². The van der Waals surface area contributed by atoms with Crippen LogP contribution in [0, 0.1) is 0 Å². The summed E-state index contributed by atoms with van der Waals surface area (Å²) in [7, 11) is 1.57. The first-order chi connectivity index (χ1) is 11.4. The van der Waals surface area contributed by atoms with Crippen LogP contribution in [-0.4, -0.2) is 33.3 Å². The largest absolute Gasteiger partial charge is 0.504 e. The van der Waals surface area contributed by atoms with Gasteiger partial charge >= 0.3 is 0 Å². The average Bonchev–Trinajstić information content (AvgIpc) is 2.58. The molecule has 0 atom stereocenters. The quantitative estimate of drug-likeness (QED) is 0.250. The molecule has 0 aliphatic heterocycles. The van der Waals surface area contributed by atoms with Crippen LogP contribution in [0.5, 0.6) is 23.0 Å². The second-order valence-corrected chi connectivity index (χ2v) is 5.23. The molecule has 7 nitrogen and oxygen atoms in total. The van der Waals surface area contributed by atoms with Crippen molar-refractivity contribution in [2.75, 3.05) is 12.4 Å². The van der Waals surface area contributed by atoms with Gasteiger partial charge in [-0.25, -0.2) is 0 Å². The molecule has 2 aromatic rings.